The van der Waals surface area contributed by atoms with E-state index in [4.69, 9.17) is 0 Å². The molecule has 3 atom stereocenters. The molecule has 0 spiro atoms. The molecule has 3 heteroatoms. The van der Waals surface area contributed by atoms with Crippen LogP contribution >= 0.6 is 0 Å². The molecule has 0 saturated heterocycles. The lowest BCUT2D eigenvalue weighted by atomic mass is 10.1. The van der Waals surface area contributed by atoms with Crippen LogP contribution in [0.1, 0.15) is 37.8 Å². The molecule has 94 valence electrons. The quantitative estimate of drug-likeness (QED) is 0.843. The second-order valence-corrected chi connectivity index (χ2v) is 4.98. The zero-order chi connectivity index (χ0) is 12.3. The highest BCUT2D eigenvalue weighted by molar-refractivity contribution is 5.20. The monoisotopic (exact) mass is 237 g/mol. The molecule has 1 aromatic carbocycles. The summed E-state index contributed by atoms with van der Waals surface area (Å²) >= 11 is 0. The third kappa shape index (κ3) is 3.27. The van der Waals surface area contributed by atoms with Crippen LogP contribution in [0.3, 0.4) is 0 Å². The number of rotatable bonds is 4. The molecule has 0 aliphatic heterocycles. The lowest BCUT2D eigenvalue weighted by Crippen LogP contribution is -2.25. The first-order chi connectivity index (χ1) is 8.16. The first-order valence-corrected chi connectivity index (χ1v) is 6.32. The Balaban J connectivity index is 1.85. The predicted octanol–water partition coefficient (Wildman–Crippen LogP) is 2.64. The van der Waals surface area contributed by atoms with Gasteiger partial charge in [-0.2, -0.15) is 0 Å². The number of benzene rings is 1. The van der Waals surface area contributed by atoms with E-state index in [1.807, 2.05) is 19.1 Å². The van der Waals surface area contributed by atoms with Gasteiger partial charge in [-0.25, -0.2) is 4.39 Å². The van der Waals surface area contributed by atoms with Crippen LogP contribution < -0.4 is 5.32 Å². The molecule has 1 saturated carbocycles. The number of hydrogen-bond acceptors (Lipinski definition) is 2. The Bertz CT molecular complexity index is 369. The molecular weight excluding hydrogens is 217 g/mol. The van der Waals surface area contributed by atoms with E-state index in [1.54, 1.807) is 6.07 Å². The van der Waals surface area contributed by atoms with Crippen LogP contribution in [-0.4, -0.2) is 17.8 Å². The average molecular weight is 237 g/mol. The largest absolute Gasteiger partial charge is 0.393 e. The van der Waals surface area contributed by atoms with Crippen molar-refractivity contribution in [1.82, 2.24) is 5.32 Å². The highest BCUT2D eigenvalue weighted by Gasteiger charge is 2.23. The molecule has 1 aromatic rings. The van der Waals surface area contributed by atoms with Gasteiger partial charge in [0.2, 0.25) is 0 Å². The number of nitrogens with one attached hydrogen (secondary N) is 1. The SMILES string of the molecule is CC(NCC1CCC(O)C1)c1ccccc1F. The molecule has 0 bridgehead atoms. The van der Waals surface area contributed by atoms with Crippen LogP contribution in [0.2, 0.25) is 0 Å². The summed E-state index contributed by atoms with van der Waals surface area (Å²) in [7, 11) is 0. The maximum Gasteiger partial charge on any atom is 0.127 e. The fraction of sp³-hybridized carbons (Fsp3) is 0.571. The standard InChI is InChI=1S/C14H20FNO/c1-10(13-4-2-3-5-14(13)15)16-9-11-6-7-12(17)8-11/h2-5,10-12,16-17H,6-9H2,1H3. The van der Waals surface area contributed by atoms with E-state index in [9.17, 15) is 9.50 Å². The van der Waals surface area contributed by atoms with Crippen LogP contribution in [-0.2, 0) is 0 Å². The summed E-state index contributed by atoms with van der Waals surface area (Å²) in [4.78, 5) is 0. The van der Waals surface area contributed by atoms with Crippen molar-refractivity contribution in [1.29, 1.82) is 0 Å². The molecule has 0 aromatic heterocycles. The molecule has 3 unspecified atom stereocenters. The fourth-order valence-corrected chi connectivity index (χ4v) is 2.51. The van der Waals surface area contributed by atoms with Crippen molar-refractivity contribution in [3.8, 4) is 0 Å². The molecule has 0 amide bonds. The Morgan fingerprint density at radius 2 is 2.18 bits per heavy atom. The molecule has 0 radical (unpaired) electrons. The van der Waals surface area contributed by atoms with E-state index in [1.165, 1.54) is 6.07 Å². The summed E-state index contributed by atoms with van der Waals surface area (Å²) in [5, 5.41) is 12.8. The fourth-order valence-electron chi connectivity index (χ4n) is 2.51. The van der Waals surface area contributed by atoms with Crippen molar-refractivity contribution in [3.05, 3.63) is 35.6 Å². The lowest BCUT2D eigenvalue weighted by Gasteiger charge is -2.18. The molecule has 1 fully saturated rings. The number of aliphatic hydroxyl groups is 1. The number of halogens is 1. The zero-order valence-corrected chi connectivity index (χ0v) is 10.2. The van der Waals surface area contributed by atoms with Gasteiger partial charge >= 0.3 is 0 Å². The van der Waals surface area contributed by atoms with Crippen LogP contribution in [0, 0.1) is 11.7 Å². The Kier molecular flexibility index (Phi) is 4.13. The number of hydrogen-bond donors (Lipinski definition) is 2. The molecule has 2 rings (SSSR count). The van der Waals surface area contributed by atoms with Gasteiger partial charge in [0.05, 0.1) is 6.10 Å². The van der Waals surface area contributed by atoms with Crippen molar-refractivity contribution >= 4 is 0 Å². The Hall–Kier alpha value is -0.930. The van der Waals surface area contributed by atoms with Gasteiger partial charge in [0.15, 0.2) is 0 Å². The Morgan fingerprint density at radius 3 is 2.82 bits per heavy atom. The van der Waals surface area contributed by atoms with Gasteiger partial charge in [0.1, 0.15) is 5.82 Å². The highest BCUT2D eigenvalue weighted by atomic mass is 19.1. The van der Waals surface area contributed by atoms with Crippen LogP contribution in [0.25, 0.3) is 0 Å². The molecule has 2 N–H and O–H groups in total. The minimum atomic E-state index is -0.154. The summed E-state index contributed by atoms with van der Waals surface area (Å²) in [6.45, 7) is 2.83. The van der Waals surface area contributed by atoms with E-state index >= 15 is 0 Å². The topological polar surface area (TPSA) is 32.3 Å². The van der Waals surface area contributed by atoms with Crippen molar-refractivity contribution in [2.75, 3.05) is 6.54 Å². The van der Waals surface area contributed by atoms with E-state index < -0.39 is 0 Å². The molecule has 0 heterocycles. The van der Waals surface area contributed by atoms with E-state index in [0.29, 0.717) is 11.5 Å². The molecule has 1 aliphatic carbocycles. The summed E-state index contributed by atoms with van der Waals surface area (Å²) in [6, 6.07) is 6.90. The summed E-state index contributed by atoms with van der Waals surface area (Å²) in [6.07, 6.45) is 2.71. The maximum atomic E-state index is 13.5. The summed E-state index contributed by atoms with van der Waals surface area (Å²) < 4.78 is 13.5. The van der Waals surface area contributed by atoms with Crippen molar-refractivity contribution in [3.63, 3.8) is 0 Å². The maximum absolute atomic E-state index is 13.5. The van der Waals surface area contributed by atoms with Crippen molar-refractivity contribution in [2.45, 2.75) is 38.3 Å². The Morgan fingerprint density at radius 1 is 1.41 bits per heavy atom. The minimum absolute atomic E-state index is 0.0222. The van der Waals surface area contributed by atoms with Crippen molar-refractivity contribution in [2.24, 2.45) is 5.92 Å². The first kappa shape index (κ1) is 12.5. The predicted molar refractivity (Wildman–Crippen MR) is 66.2 cm³/mol. The normalized spacial score (nSPS) is 26.1. The van der Waals surface area contributed by atoms with Gasteiger partial charge in [0, 0.05) is 11.6 Å². The third-order valence-corrected chi connectivity index (χ3v) is 3.60. The smallest absolute Gasteiger partial charge is 0.127 e. The van der Waals surface area contributed by atoms with E-state index in [2.05, 4.69) is 5.32 Å². The first-order valence-electron chi connectivity index (χ1n) is 6.32. The molecular formula is C14H20FNO. The van der Waals surface area contributed by atoms with E-state index in [0.717, 1.165) is 25.8 Å². The summed E-state index contributed by atoms with van der Waals surface area (Å²) in [5.74, 6) is 0.373. The van der Waals surface area contributed by atoms with Crippen LogP contribution in [0.15, 0.2) is 24.3 Å². The van der Waals surface area contributed by atoms with Crippen molar-refractivity contribution < 1.29 is 9.50 Å². The third-order valence-electron chi connectivity index (χ3n) is 3.60. The van der Waals surface area contributed by atoms with Crippen LogP contribution in [0.5, 0.6) is 0 Å². The van der Waals surface area contributed by atoms with Gasteiger partial charge < -0.3 is 10.4 Å². The van der Waals surface area contributed by atoms with Gasteiger partial charge in [-0.15, -0.1) is 0 Å². The van der Waals surface area contributed by atoms with Gasteiger partial charge in [-0.05, 0) is 44.7 Å². The number of aliphatic hydroxyl groups excluding tert-OH is 1. The van der Waals surface area contributed by atoms with Gasteiger partial charge in [-0.3, -0.25) is 0 Å². The van der Waals surface area contributed by atoms with Gasteiger partial charge in [0.25, 0.3) is 0 Å². The second kappa shape index (κ2) is 5.61. The lowest BCUT2D eigenvalue weighted by molar-refractivity contribution is 0.177. The molecule has 1 aliphatic rings. The zero-order valence-electron chi connectivity index (χ0n) is 10.2. The average Bonchev–Trinajstić information content (AvgIpc) is 2.73. The minimum Gasteiger partial charge on any atom is -0.393 e. The summed E-state index contributed by atoms with van der Waals surface area (Å²) in [5.41, 5.74) is 0.714. The molecule has 2 nitrogen and oxygen atoms in total. The molecule has 17 heavy (non-hydrogen) atoms. The second-order valence-electron chi connectivity index (χ2n) is 4.98. The van der Waals surface area contributed by atoms with Gasteiger partial charge in [-0.1, -0.05) is 18.2 Å². The van der Waals surface area contributed by atoms with E-state index in [-0.39, 0.29) is 18.0 Å². The highest BCUT2D eigenvalue weighted by Crippen LogP contribution is 2.25. The van der Waals surface area contributed by atoms with Crippen LogP contribution in [0.4, 0.5) is 4.39 Å². The Labute approximate surface area is 102 Å².